The SMILES string of the molecule is NC(=O)O.Nc1nc(=O)n([C@@H]2O[C@H](COP(=O)(O)O)[C@@H](O)[C@H]2O)cc1Cc1ccccn1. The van der Waals surface area contributed by atoms with Crippen LogP contribution in [0.15, 0.2) is 35.4 Å². The summed E-state index contributed by atoms with van der Waals surface area (Å²) in [5.41, 5.74) is 10.1. The number of ether oxygens (including phenoxy) is 1. The maximum absolute atomic E-state index is 12.2. The topological polar surface area (TPSA) is 254 Å². The van der Waals surface area contributed by atoms with E-state index in [-0.39, 0.29) is 12.2 Å². The zero-order valence-electron chi connectivity index (χ0n) is 16.3. The van der Waals surface area contributed by atoms with E-state index < -0.39 is 50.8 Å². The molecule has 176 valence electrons. The fraction of sp³-hybridized carbons (Fsp3) is 0.375. The lowest BCUT2D eigenvalue weighted by atomic mass is 10.1. The molecule has 3 heterocycles. The molecule has 16 heteroatoms. The number of phosphoric acid groups is 1. The van der Waals surface area contributed by atoms with Gasteiger partial charge in [-0.2, -0.15) is 4.98 Å². The number of hydrogen-bond acceptors (Lipinski definition) is 10. The van der Waals surface area contributed by atoms with Crippen molar-refractivity contribution < 1.29 is 43.7 Å². The molecule has 2 aromatic heterocycles. The average molecular weight is 475 g/mol. The minimum absolute atomic E-state index is 0.0127. The summed E-state index contributed by atoms with van der Waals surface area (Å²) < 4.78 is 21.5. The minimum atomic E-state index is -4.80. The van der Waals surface area contributed by atoms with E-state index in [2.05, 4.69) is 20.2 Å². The number of aromatic nitrogens is 3. The summed E-state index contributed by atoms with van der Waals surface area (Å²) >= 11 is 0. The lowest BCUT2D eigenvalue weighted by Crippen LogP contribution is -2.36. The number of nitrogens with zero attached hydrogens (tertiary/aromatic N) is 3. The number of nitrogens with two attached hydrogens (primary N) is 2. The van der Waals surface area contributed by atoms with Gasteiger partial charge in [0.2, 0.25) is 0 Å². The molecule has 2 aromatic rings. The number of amides is 1. The number of carbonyl (C=O) groups is 1. The first-order valence-electron chi connectivity index (χ1n) is 8.86. The van der Waals surface area contributed by atoms with Crippen LogP contribution in [-0.2, 0) is 20.2 Å². The van der Waals surface area contributed by atoms with Gasteiger partial charge in [-0.05, 0) is 12.1 Å². The molecular formula is C16H22N5O10P. The number of rotatable bonds is 6. The van der Waals surface area contributed by atoms with Gasteiger partial charge in [-0.15, -0.1) is 0 Å². The van der Waals surface area contributed by atoms with Gasteiger partial charge in [0.15, 0.2) is 6.23 Å². The van der Waals surface area contributed by atoms with Crippen molar-refractivity contribution in [3.8, 4) is 0 Å². The Balaban J connectivity index is 0.000000837. The molecule has 0 aromatic carbocycles. The van der Waals surface area contributed by atoms with Crippen LogP contribution in [0.4, 0.5) is 10.6 Å². The molecule has 0 bridgehead atoms. The molecule has 1 amide bonds. The van der Waals surface area contributed by atoms with Crippen LogP contribution < -0.4 is 17.2 Å². The third-order valence-corrected chi connectivity index (χ3v) is 4.66. The summed E-state index contributed by atoms with van der Waals surface area (Å²) in [6.45, 7) is -0.684. The van der Waals surface area contributed by atoms with Crippen molar-refractivity contribution in [2.24, 2.45) is 5.73 Å². The van der Waals surface area contributed by atoms with Crippen molar-refractivity contribution in [3.63, 3.8) is 0 Å². The first kappa shape index (κ1) is 25.4. The highest BCUT2D eigenvalue weighted by Crippen LogP contribution is 2.38. The second-order valence-corrected chi connectivity index (χ2v) is 7.75. The van der Waals surface area contributed by atoms with E-state index in [4.69, 9.17) is 30.2 Å². The molecule has 1 aliphatic rings. The molecule has 0 spiro atoms. The predicted molar refractivity (Wildman–Crippen MR) is 106 cm³/mol. The van der Waals surface area contributed by atoms with Crippen LogP contribution in [-0.4, -0.2) is 70.7 Å². The smallest absolute Gasteiger partial charge is 0.465 e. The van der Waals surface area contributed by atoms with Gasteiger partial charge in [0.1, 0.15) is 24.1 Å². The van der Waals surface area contributed by atoms with Gasteiger partial charge in [-0.25, -0.2) is 14.2 Å². The Morgan fingerprint density at radius 3 is 2.50 bits per heavy atom. The van der Waals surface area contributed by atoms with Gasteiger partial charge in [0.25, 0.3) is 0 Å². The standard InChI is InChI=1S/C15H19N4O8P.CH3NO2/c16-13-8(5-9-3-1-2-4-17-9)6-19(15(22)18-13)14-12(21)11(20)10(27-14)7-26-28(23,24)25;2-1(3)4/h1-4,6,10-12,14,20-21H,5,7H2,(H2,16,18,22)(H2,23,24,25);2H2,(H,3,4)/t10-,11-,12-,14-;/m1./s1. The third kappa shape index (κ3) is 7.06. The van der Waals surface area contributed by atoms with Gasteiger partial charge in [-0.1, -0.05) is 6.07 Å². The third-order valence-electron chi connectivity index (χ3n) is 4.18. The molecule has 0 saturated carbocycles. The molecule has 3 rings (SSSR count). The molecule has 0 unspecified atom stereocenters. The van der Waals surface area contributed by atoms with Crippen LogP contribution in [0.2, 0.25) is 0 Å². The number of pyridine rings is 1. The van der Waals surface area contributed by atoms with Crippen LogP contribution in [0.25, 0.3) is 0 Å². The fourth-order valence-electron chi connectivity index (χ4n) is 2.81. The Morgan fingerprint density at radius 1 is 1.28 bits per heavy atom. The normalized spacial score (nSPS) is 22.8. The number of primary amides is 1. The maximum atomic E-state index is 12.2. The van der Waals surface area contributed by atoms with Crippen LogP contribution in [0, 0.1) is 0 Å². The number of anilines is 1. The summed E-state index contributed by atoms with van der Waals surface area (Å²) in [5, 5.41) is 27.5. The number of carboxylic acid groups (broad SMARTS) is 1. The molecule has 32 heavy (non-hydrogen) atoms. The molecule has 1 aliphatic heterocycles. The zero-order chi connectivity index (χ0) is 24.1. The maximum Gasteiger partial charge on any atom is 0.469 e. The summed E-state index contributed by atoms with van der Waals surface area (Å²) in [6.07, 6.45) is -3.85. The molecule has 0 aliphatic carbocycles. The van der Waals surface area contributed by atoms with Crippen molar-refractivity contribution in [1.82, 2.24) is 14.5 Å². The van der Waals surface area contributed by atoms with E-state index in [1.165, 1.54) is 6.20 Å². The largest absolute Gasteiger partial charge is 0.469 e. The first-order valence-corrected chi connectivity index (χ1v) is 10.4. The Kier molecular flexibility index (Phi) is 8.40. The molecular weight excluding hydrogens is 453 g/mol. The quantitative estimate of drug-likeness (QED) is 0.227. The van der Waals surface area contributed by atoms with Crippen LogP contribution in [0.5, 0.6) is 0 Å². The second kappa shape index (κ2) is 10.6. The Hall–Kier alpha value is -2.91. The lowest BCUT2D eigenvalue weighted by molar-refractivity contribution is -0.0543. The van der Waals surface area contributed by atoms with Crippen molar-refractivity contribution in [2.45, 2.75) is 31.0 Å². The van der Waals surface area contributed by atoms with Gasteiger partial charge in [0.05, 0.1) is 6.61 Å². The molecule has 0 radical (unpaired) electrons. The highest BCUT2D eigenvalue weighted by Gasteiger charge is 2.45. The van der Waals surface area contributed by atoms with E-state index in [1.807, 2.05) is 0 Å². The van der Waals surface area contributed by atoms with Crippen LogP contribution in [0.3, 0.4) is 0 Å². The van der Waals surface area contributed by atoms with Gasteiger partial charge in [-0.3, -0.25) is 14.1 Å². The van der Waals surface area contributed by atoms with Crippen molar-refractivity contribution in [3.05, 3.63) is 52.3 Å². The number of nitrogen functional groups attached to an aromatic ring is 1. The first-order chi connectivity index (χ1) is 14.9. The summed E-state index contributed by atoms with van der Waals surface area (Å²) in [5.74, 6) is -0.0127. The highest BCUT2D eigenvalue weighted by atomic mass is 31.2. The van der Waals surface area contributed by atoms with Gasteiger partial charge >= 0.3 is 19.6 Å². The van der Waals surface area contributed by atoms with E-state index in [1.54, 1.807) is 24.4 Å². The minimum Gasteiger partial charge on any atom is -0.465 e. The summed E-state index contributed by atoms with van der Waals surface area (Å²) in [7, 11) is -4.80. The fourth-order valence-corrected chi connectivity index (χ4v) is 3.15. The van der Waals surface area contributed by atoms with Crippen LogP contribution in [0.1, 0.15) is 17.5 Å². The molecule has 15 nitrogen and oxygen atoms in total. The zero-order valence-corrected chi connectivity index (χ0v) is 17.2. The molecule has 1 fully saturated rings. The second-order valence-electron chi connectivity index (χ2n) is 6.51. The number of aliphatic hydroxyl groups is 2. The summed E-state index contributed by atoms with van der Waals surface area (Å²) in [6, 6.07) is 5.29. The lowest BCUT2D eigenvalue weighted by Gasteiger charge is -2.18. The monoisotopic (exact) mass is 475 g/mol. The Labute approximate surface area is 180 Å². The van der Waals surface area contributed by atoms with Gasteiger partial charge in [0, 0.05) is 30.1 Å². The van der Waals surface area contributed by atoms with E-state index in [0.717, 1.165) is 4.57 Å². The van der Waals surface area contributed by atoms with Crippen molar-refractivity contribution in [2.75, 3.05) is 12.3 Å². The predicted octanol–water partition coefficient (Wildman–Crippen LogP) is -1.84. The van der Waals surface area contributed by atoms with Crippen LogP contribution >= 0.6 is 7.82 Å². The number of hydrogen-bond donors (Lipinski definition) is 7. The average Bonchev–Trinajstić information content (AvgIpc) is 2.97. The Bertz CT molecular complexity index is 1030. The molecule has 1 saturated heterocycles. The van der Waals surface area contributed by atoms with E-state index in [9.17, 15) is 19.6 Å². The summed E-state index contributed by atoms with van der Waals surface area (Å²) in [4.78, 5) is 46.4. The van der Waals surface area contributed by atoms with Crippen molar-refractivity contribution in [1.29, 1.82) is 0 Å². The number of phosphoric ester groups is 1. The molecule has 9 N–H and O–H groups in total. The number of aliphatic hydroxyl groups excluding tert-OH is 2. The molecule has 4 atom stereocenters. The highest BCUT2D eigenvalue weighted by molar-refractivity contribution is 7.46. The van der Waals surface area contributed by atoms with Gasteiger partial charge < -0.3 is 41.3 Å². The van der Waals surface area contributed by atoms with Crippen molar-refractivity contribution >= 4 is 19.7 Å². The van der Waals surface area contributed by atoms with E-state index in [0.29, 0.717) is 11.3 Å². The Morgan fingerprint density at radius 2 is 1.94 bits per heavy atom. The van der Waals surface area contributed by atoms with E-state index >= 15 is 0 Å².